The van der Waals surface area contributed by atoms with E-state index in [-0.39, 0.29) is 23.2 Å². The van der Waals surface area contributed by atoms with Crippen LogP contribution in [0, 0.1) is 0 Å². The fourth-order valence-corrected chi connectivity index (χ4v) is 4.05. The zero-order valence-electron chi connectivity index (χ0n) is 20.4. The highest BCUT2D eigenvalue weighted by Crippen LogP contribution is 2.28. The van der Waals surface area contributed by atoms with Crippen molar-refractivity contribution in [1.82, 2.24) is 14.8 Å². The zero-order valence-corrected chi connectivity index (χ0v) is 21.2. The third-order valence-corrected chi connectivity index (χ3v) is 6.13. The Balaban J connectivity index is 1.64. The predicted octanol–water partition coefficient (Wildman–Crippen LogP) is 5.64. The number of rotatable bonds is 10. The Hall–Kier alpha value is -3.26. The van der Waals surface area contributed by atoms with Gasteiger partial charge in [0.2, 0.25) is 5.91 Å². The van der Waals surface area contributed by atoms with Gasteiger partial charge in [-0.2, -0.15) is 0 Å². The molecule has 1 unspecified atom stereocenters. The first kappa shape index (κ1) is 25.4. The summed E-state index contributed by atoms with van der Waals surface area (Å²) in [4.78, 5) is 12.4. The van der Waals surface area contributed by atoms with E-state index in [1.807, 2.05) is 23.6 Å². The number of nitrogens with one attached hydrogen (secondary N) is 1. The first-order valence-corrected chi connectivity index (χ1v) is 12.1. The van der Waals surface area contributed by atoms with Gasteiger partial charge in [0.05, 0.1) is 12.9 Å². The average Bonchev–Trinajstić information content (AvgIpc) is 3.21. The van der Waals surface area contributed by atoms with Gasteiger partial charge in [-0.3, -0.25) is 9.36 Å². The molecular formula is C26H32N4O3S. The second-order valence-corrected chi connectivity index (χ2v) is 9.78. The fourth-order valence-electron chi connectivity index (χ4n) is 3.30. The Morgan fingerprint density at radius 1 is 1.12 bits per heavy atom. The van der Waals surface area contributed by atoms with Gasteiger partial charge in [0.1, 0.15) is 11.5 Å². The molecule has 0 fully saturated rings. The third kappa shape index (κ3) is 6.63. The number of anilines is 1. The summed E-state index contributed by atoms with van der Waals surface area (Å²) in [5, 5.41) is 12.2. The summed E-state index contributed by atoms with van der Waals surface area (Å²) < 4.78 is 13.2. The van der Waals surface area contributed by atoms with Crippen LogP contribution < -0.4 is 14.8 Å². The van der Waals surface area contributed by atoms with Crippen LogP contribution in [0.25, 0.3) is 0 Å². The molecule has 0 spiro atoms. The van der Waals surface area contributed by atoms with Crippen LogP contribution in [0.2, 0.25) is 0 Å². The van der Waals surface area contributed by atoms with Crippen molar-refractivity contribution in [2.24, 2.45) is 0 Å². The van der Waals surface area contributed by atoms with Gasteiger partial charge >= 0.3 is 0 Å². The Bertz CT molecular complexity index is 1100. The summed E-state index contributed by atoms with van der Waals surface area (Å²) in [6, 6.07) is 15.3. The molecule has 0 aliphatic rings. The molecule has 3 aromatic rings. The Labute approximate surface area is 205 Å². The fraction of sp³-hybridized carbons (Fsp3) is 0.346. The van der Waals surface area contributed by atoms with E-state index >= 15 is 0 Å². The van der Waals surface area contributed by atoms with E-state index in [1.54, 1.807) is 37.5 Å². The van der Waals surface area contributed by atoms with E-state index < -0.39 is 0 Å². The molecule has 1 amide bonds. The average molecular weight is 481 g/mol. The number of nitrogens with zero attached hydrogens (tertiary/aromatic N) is 3. The number of ether oxygens (including phenoxy) is 2. The van der Waals surface area contributed by atoms with Gasteiger partial charge in [-0.1, -0.05) is 50.7 Å². The van der Waals surface area contributed by atoms with E-state index in [0.29, 0.717) is 23.2 Å². The second kappa shape index (κ2) is 11.2. The first-order valence-electron chi connectivity index (χ1n) is 11.1. The number of aromatic nitrogens is 3. The molecule has 3 rings (SSSR count). The maximum atomic E-state index is 12.4. The van der Waals surface area contributed by atoms with Crippen LogP contribution in [0.4, 0.5) is 5.69 Å². The number of hydrogen-bond acceptors (Lipinski definition) is 6. The Morgan fingerprint density at radius 2 is 1.76 bits per heavy atom. The molecule has 0 radical (unpaired) electrons. The molecule has 1 atom stereocenters. The van der Waals surface area contributed by atoms with Gasteiger partial charge in [0.15, 0.2) is 17.1 Å². The van der Waals surface area contributed by atoms with Crippen molar-refractivity contribution in [1.29, 1.82) is 0 Å². The van der Waals surface area contributed by atoms with E-state index in [2.05, 4.69) is 55.0 Å². The molecule has 0 aliphatic heterocycles. The zero-order chi connectivity index (χ0) is 24.7. The van der Waals surface area contributed by atoms with Gasteiger partial charge in [-0.05, 0) is 54.3 Å². The number of benzene rings is 2. The van der Waals surface area contributed by atoms with Gasteiger partial charge in [-0.25, -0.2) is 0 Å². The number of carbonyl (C=O) groups excluding carboxylic acids is 1. The number of thioether (sulfide) groups is 1. The first-order chi connectivity index (χ1) is 16.2. The van der Waals surface area contributed by atoms with E-state index in [1.165, 1.54) is 17.3 Å². The molecule has 1 N–H and O–H groups in total. The molecule has 8 heteroatoms. The number of amides is 1. The lowest BCUT2D eigenvalue weighted by Gasteiger charge is -2.20. The maximum absolute atomic E-state index is 12.4. The molecule has 180 valence electrons. The van der Waals surface area contributed by atoms with Crippen molar-refractivity contribution in [3.63, 3.8) is 0 Å². The summed E-state index contributed by atoms with van der Waals surface area (Å²) in [6.45, 7) is 12.8. The van der Waals surface area contributed by atoms with E-state index in [4.69, 9.17) is 9.47 Å². The van der Waals surface area contributed by atoms with Gasteiger partial charge in [0, 0.05) is 12.2 Å². The van der Waals surface area contributed by atoms with Crippen LogP contribution >= 0.6 is 11.8 Å². The molecule has 7 nitrogen and oxygen atoms in total. The Morgan fingerprint density at radius 3 is 2.35 bits per heavy atom. The van der Waals surface area contributed by atoms with Crippen LogP contribution in [0.5, 0.6) is 11.5 Å². The minimum atomic E-state index is -0.324. The number of hydrogen-bond donors (Lipinski definition) is 1. The standard InChI is InChI=1S/C26H32N4O3S/c1-7-16-30-24(18(2)33-22-12-8-19(9-13-22)26(3,4)5)28-29-25(30)34-17-23(31)27-20-10-14-21(32-6)15-11-20/h7-15,18H,1,16-17H2,2-6H3,(H,27,31). The lowest BCUT2D eigenvalue weighted by molar-refractivity contribution is -0.113. The van der Waals surface area contributed by atoms with Gasteiger partial charge in [-0.15, -0.1) is 16.8 Å². The minimum absolute atomic E-state index is 0.0834. The molecule has 1 heterocycles. The van der Waals surface area contributed by atoms with Crippen molar-refractivity contribution in [2.45, 2.75) is 50.9 Å². The van der Waals surface area contributed by atoms with E-state index in [9.17, 15) is 4.79 Å². The normalized spacial score (nSPS) is 12.1. The number of methoxy groups -OCH3 is 1. The highest BCUT2D eigenvalue weighted by molar-refractivity contribution is 7.99. The lowest BCUT2D eigenvalue weighted by atomic mass is 9.87. The molecular weight excluding hydrogens is 448 g/mol. The van der Waals surface area contributed by atoms with Crippen molar-refractivity contribution in [3.05, 3.63) is 72.6 Å². The van der Waals surface area contributed by atoms with Gasteiger partial charge < -0.3 is 14.8 Å². The van der Waals surface area contributed by atoms with Crippen molar-refractivity contribution < 1.29 is 14.3 Å². The molecule has 0 bridgehead atoms. The van der Waals surface area contributed by atoms with Gasteiger partial charge in [0.25, 0.3) is 0 Å². The summed E-state index contributed by atoms with van der Waals surface area (Å²) in [5.74, 6) is 2.25. The summed E-state index contributed by atoms with van der Waals surface area (Å²) in [6.07, 6.45) is 1.45. The lowest BCUT2D eigenvalue weighted by Crippen LogP contribution is -2.15. The minimum Gasteiger partial charge on any atom is -0.497 e. The summed E-state index contributed by atoms with van der Waals surface area (Å²) in [7, 11) is 1.60. The highest BCUT2D eigenvalue weighted by atomic mass is 32.2. The molecule has 0 saturated carbocycles. The summed E-state index contributed by atoms with van der Waals surface area (Å²) >= 11 is 1.32. The molecule has 0 aliphatic carbocycles. The smallest absolute Gasteiger partial charge is 0.234 e. The van der Waals surface area contributed by atoms with Crippen LogP contribution in [0.3, 0.4) is 0 Å². The van der Waals surface area contributed by atoms with Crippen LogP contribution in [0.1, 0.15) is 45.2 Å². The monoisotopic (exact) mass is 480 g/mol. The van der Waals surface area contributed by atoms with Crippen LogP contribution in [-0.2, 0) is 16.8 Å². The van der Waals surface area contributed by atoms with Crippen molar-refractivity contribution in [3.8, 4) is 11.5 Å². The number of carbonyl (C=O) groups is 1. The summed E-state index contributed by atoms with van der Waals surface area (Å²) in [5.41, 5.74) is 2.04. The quantitative estimate of drug-likeness (QED) is 0.299. The SMILES string of the molecule is C=CCn1c(SCC(=O)Nc2ccc(OC)cc2)nnc1C(C)Oc1ccc(C(C)(C)C)cc1. The largest absolute Gasteiger partial charge is 0.497 e. The highest BCUT2D eigenvalue weighted by Gasteiger charge is 2.20. The molecule has 0 saturated heterocycles. The van der Waals surface area contributed by atoms with Crippen molar-refractivity contribution >= 4 is 23.4 Å². The Kier molecular flexibility index (Phi) is 8.39. The second-order valence-electron chi connectivity index (χ2n) is 8.84. The predicted molar refractivity (Wildman–Crippen MR) is 137 cm³/mol. The number of allylic oxidation sites excluding steroid dienone is 1. The van der Waals surface area contributed by atoms with E-state index in [0.717, 1.165) is 11.5 Å². The maximum Gasteiger partial charge on any atom is 0.234 e. The molecule has 2 aromatic carbocycles. The molecule has 34 heavy (non-hydrogen) atoms. The van der Waals surface area contributed by atoms with Crippen LogP contribution in [0.15, 0.2) is 66.3 Å². The van der Waals surface area contributed by atoms with Crippen LogP contribution in [-0.4, -0.2) is 33.5 Å². The topological polar surface area (TPSA) is 78.3 Å². The third-order valence-electron chi connectivity index (χ3n) is 5.16. The van der Waals surface area contributed by atoms with Crippen molar-refractivity contribution in [2.75, 3.05) is 18.2 Å². The molecule has 1 aromatic heterocycles.